The number of aromatic nitrogens is 3. The molecule has 0 saturated carbocycles. The van der Waals surface area contributed by atoms with Gasteiger partial charge in [-0.15, -0.1) is 11.3 Å². The molecule has 0 radical (unpaired) electrons. The first-order valence-corrected chi connectivity index (χ1v) is 8.52. The minimum atomic E-state index is -0.234. The van der Waals surface area contributed by atoms with Gasteiger partial charge in [-0.3, -0.25) is 20.1 Å². The highest BCUT2D eigenvalue weighted by Gasteiger charge is 2.19. The van der Waals surface area contributed by atoms with Crippen molar-refractivity contribution >= 4 is 39.5 Å². The summed E-state index contributed by atoms with van der Waals surface area (Å²) in [6.07, 6.45) is 5.16. The largest absolute Gasteiger partial charge is 0.350 e. The Labute approximate surface area is 147 Å². The number of aryl methyl sites for hydroxylation is 1. The van der Waals surface area contributed by atoms with Gasteiger partial charge in [0.1, 0.15) is 5.70 Å². The molecule has 124 valence electrons. The van der Waals surface area contributed by atoms with Crippen molar-refractivity contribution in [2.45, 2.75) is 13.5 Å². The van der Waals surface area contributed by atoms with Crippen molar-refractivity contribution in [3.05, 3.63) is 58.8 Å². The molecule has 0 atom stereocenters. The summed E-state index contributed by atoms with van der Waals surface area (Å²) >= 11 is 1.57. The van der Waals surface area contributed by atoms with Gasteiger partial charge in [0.15, 0.2) is 0 Å². The maximum atomic E-state index is 12.1. The maximum Gasteiger partial charge on any atom is 0.276 e. The van der Waals surface area contributed by atoms with E-state index in [1.165, 1.54) is 0 Å². The summed E-state index contributed by atoms with van der Waals surface area (Å²) in [6, 6.07) is 5.85. The first-order chi connectivity index (χ1) is 12.2. The van der Waals surface area contributed by atoms with E-state index in [1.54, 1.807) is 35.3 Å². The second kappa shape index (κ2) is 6.40. The molecular formula is C17H14N6OS. The highest BCUT2D eigenvalue weighted by molar-refractivity contribution is 7.16. The van der Waals surface area contributed by atoms with Gasteiger partial charge in [-0.05, 0) is 30.7 Å². The van der Waals surface area contributed by atoms with Gasteiger partial charge < -0.3 is 5.32 Å². The van der Waals surface area contributed by atoms with E-state index in [-0.39, 0.29) is 5.91 Å². The summed E-state index contributed by atoms with van der Waals surface area (Å²) in [6.45, 7) is 2.32. The lowest BCUT2D eigenvalue weighted by atomic mass is 10.2. The molecule has 0 unspecified atom stereocenters. The topological polar surface area (TPSA) is 92.2 Å². The Bertz CT molecular complexity index is 1010. The van der Waals surface area contributed by atoms with Crippen LogP contribution in [0.15, 0.2) is 46.8 Å². The second-order valence-corrected chi connectivity index (χ2v) is 6.41. The van der Waals surface area contributed by atoms with Gasteiger partial charge in [0.05, 0.1) is 39.9 Å². The van der Waals surface area contributed by atoms with Crippen LogP contribution in [0.3, 0.4) is 0 Å². The predicted octanol–water partition coefficient (Wildman–Crippen LogP) is 2.01. The summed E-state index contributed by atoms with van der Waals surface area (Å²) in [4.78, 5) is 29.1. The number of rotatable bonds is 3. The maximum absolute atomic E-state index is 12.1. The molecule has 0 aliphatic carbocycles. The number of thiazole rings is 1. The molecule has 8 heteroatoms. The van der Waals surface area contributed by atoms with E-state index in [0.717, 1.165) is 27.2 Å². The summed E-state index contributed by atoms with van der Waals surface area (Å²) in [5, 5.41) is 5.77. The van der Waals surface area contributed by atoms with E-state index >= 15 is 0 Å². The monoisotopic (exact) mass is 350 g/mol. The summed E-state index contributed by atoms with van der Waals surface area (Å²) in [7, 11) is 0. The van der Waals surface area contributed by atoms with Crippen molar-refractivity contribution in [1.82, 2.24) is 25.6 Å². The minimum absolute atomic E-state index is 0.234. The van der Waals surface area contributed by atoms with Crippen molar-refractivity contribution in [3.8, 4) is 0 Å². The van der Waals surface area contributed by atoms with E-state index in [2.05, 4.69) is 30.6 Å². The number of nitrogens with zero attached hydrogens (tertiary/aromatic N) is 4. The number of carbonyl (C=O) groups excluding carboxylic acids is 1. The lowest BCUT2D eigenvalue weighted by molar-refractivity contribution is -0.115. The first-order valence-electron chi connectivity index (χ1n) is 7.64. The average Bonchev–Trinajstić information content (AvgIpc) is 3.21. The molecule has 1 aromatic carbocycles. The van der Waals surface area contributed by atoms with Crippen LogP contribution in [0.25, 0.3) is 16.3 Å². The van der Waals surface area contributed by atoms with Gasteiger partial charge in [0.25, 0.3) is 5.91 Å². The van der Waals surface area contributed by atoms with Crippen LogP contribution in [0.1, 0.15) is 17.0 Å². The van der Waals surface area contributed by atoms with Crippen LogP contribution in [0.4, 0.5) is 0 Å². The van der Waals surface area contributed by atoms with Crippen molar-refractivity contribution < 1.29 is 4.79 Å². The molecule has 3 heterocycles. The van der Waals surface area contributed by atoms with E-state index in [4.69, 9.17) is 0 Å². The lowest BCUT2D eigenvalue weighted by Crippen LogP contribution is -2.35. The fourth-order valence-electron chi connectivity index (χ4n) is 2.36. The Hall–Kier alpha value is -3.13. The molecule has 2 aromatic heterocycles. The Kier molecular flexibility index (Phi) is 3.95. The van der Waals surface area contributed by atoms with E-state index < -0.39 is 0 Å². The molecule has 1 aliphatic rings. The van der Waals surface area contributed by atoms with Gasteiger partial charge in [0, 0.05) is 6.20 Å². The third-order valence-corrected chi connectivity index (χ3v) is 4.42. The lowest BCUT2D eigenvalue weighted by Gasteiger charge is -2.04. The quantitative estimate of drug-likeness (QED) is 0.705. The van der Waals surface area contributed by atoms with Crippen molar-refractivity contribution in [1.29, 1.82) is 0 Å². The summed E-state index contributed by atoms with van der Waals surface area (Å²) in [5.74, 6) is 0.180. The van der Waals surface area contributed by atoms with Gasteiger partial charge >= 0.3 is 0 Å². The molecule has 0 bridgehead atoms. The number of hydrogen-bond acceptors (Lipinski definition) is 7. The van der Waals surface area contributed by atoms with Gasteiger partial charge in [0.2, 0.25) is 5.96 Å². The van der Waals surface area contributed by atoms with Crippen LogP contribution in [-0.4, -0.2) is 26.8 Å². The standard InChI is InChI=1S/C17H14N6OS/c1-10-6-19-12(7-18-10)8-20-17-22-14(16(24)23-17)4-11-2-3-13-15(5-11)25-9-21-13/h2-7,9H,8H2,1H3,(H2,20,22,23,24)/b14-4-. The molecule has 0 spiro atoms. The molecule has 0 fully saturated rings. The Balaban J connectivity index is 1.50. The summed E-state index contributed by atoms with van der Waals surface area (Å²) in [5.41, 5.74) is 5.66. The molecule has 0 saturated heterocycles. The molecule has 25 heavy (non-hydrogen) atoms. The molecule has 4 rings (SSSR count). The number of amides is 1. The third-order valence-electron chi connectivity index (χ3n) is 3.63. The predicted molar refractivity (Wildman–Crippen MR) is 96.8 cm³/mol. The van der Waals surface area contributed by atoms with Crippen LogP contribution >= 0.6 is 11.3 Å². The minimum Gasteiger partial charge on any atom is -0.350 e. The third kappa shape index (κ3) is 3.38. The molecule has 2 N–H and O–H groups in total. The van der Waals surface area contributed by atoms with Crippen LogP contribution in [0, 0.1) is 6.92 Å². The van der Waals surface area contributed by atoms with E-state index in [9.17, 15) is 4.79 Å². The second-order valence-electron chi connectivity index (χ2n) is 5.53. The number of hydrogen-bond donors (Lipinski definition) is 2. The molecule has 7 nitrogen and oxygen atoms in total. The van der Waals surface area contributed by atoms with Crippen LogP contribution in [0.2, 0.25) is 0 Å². The van der Waals surface area contributed by atoms with Gasteiger partial charge in [-0.1, -0.05) is 6.07 Å². The highest BCUT2D eigenvalue weighted by Crippen LogP contribution is 2.21. The van der Waals surface area contributed by atoms with E-state index in [0.29, 0.717) is 18.2 Å². The highest BCUT2D eigenvalue weighted by atomic mass is 32.1. The number of carbonyl (C=O) groups is 1. The fourth-order valence-corrected chi connectivity index (χ4v) is 3.08. The van der Waals surface area contributed by atoms with Gasteiger partial charge in [-0.25, -0.2) is 9.98 Å². The number of guanidine groups is 1. The molecule has 1 amide bonds. The zero-order valence-corrected chi connectivity index (χ0v) is 14.2. The normalized spacial score (nSPS) is 15.5. The fraction of sp³-hybridized carbons (Fsp3) is 0.118. The number of fused-ring (bicyclic) bond motifs is 1. The number of nitrogens with one attached hydrogen (secondary N) is 2. The molecule has 1 aliphatic heterocycles. The average molecular weight is 350 g/mol. The van der Waals surface area contributed by atoms with Crippen LogP contribution in [-0.2, 0) is 11.3 Å². The van der Waals surface area contributed by atoms with Crippen LogP contribution in [0.5, 0.6) is 0 Å². The molecular weight excluding hydrogens is 336 g/mol. The smallest absolute Gasteiger partial charge is 0.276 e. The zero-order chi connectivity index (χ0) is 17.2. The van der Waals surface area contributed by atoms with E-state index in [1.807, 2.05) is 25.1 Å². The van der Waals surface area contributed by atoms with Crippen molar-refractivity contribution in [2.24, 2.45) is 4.99 Å². The zero-order valence-electron chi connectivity index (χ0n) is 13.4. The van der Waals surface area contributed by atoms with Crippen LogP contribution < -0.4 is 10.6 Å². The Morgan fingerprint density at radius 2 is 2.16 bits per heavy atom. The van der Waals surface area contributed by atoms with Crippen molar-refractivity contribution in [2.75, 3.05) is 0 Å². The molecule has 3 aromatic rings. The number of benzene rings is 1. The Morgan fingerprint density at radius 1 is 1.24 bits per heavy atom. The SMILES string of the molecule is Cc1cnc(CNC2=N/C(=C\c3ccc4ncsc4c3)C(=O)N2)cn1. The summed E-state index contributed by atoms with van der Waals surface area (Å²) < 4.78 is 1.08. The van der Waals surface area contributed by atoms with Crippen molar-refractivity contribution in [3.63, 3.8) is 0 Å². The first kappa shape index (κ1) is 15.4. The van der Waals surface area contributed by atoms with Gasteiger partial charge in [-0.2, -0.15) is 0 Å². The number of aliphatic imine (C=N–C) groups is 1. The Morgan fingerprint density at radius 3 is 3.00 bits per heavy atom.